The summed E-state index contributed by atoms with van der Waals surface area (Å²) in [6, 6.07) is 6.33. The van der Waals surface area contributed by atoms with Crippen LogP contribution >= 0.6 is 0 Å². The van der Waals surface area contributed by atoms with Crippen molar-refractivity contribution in [3.63, 3.8) is 0 Å². The Morgan fingerprint density at radius 1 is 1.14 bits per heavy atom. The van der Waals surface area contributed by atoms with E-state index in [0.29, 0.717) is 6.54 Å². The maximum Gasteiger partial charge on any atom is 0.326 e. The molecule has 1 aromatic carbocycles. The van der Waals surface area contributed by atoms with Crippen LogP contribution in [0.25, 0.3) is 0 Å². The van der Waals surface area contributed by atoms with Crippen LogP contribution in [0.2, 0.25) is 0 Å². The molecule has 0 spiro atoms. The molecule has 21 heavy (non-hydrogen) atoms. The van der Waals surface area contributed by atoms with Gasteiger partial charge in [0.15, 0.2) is 6.61 Å². The molecule has 0 unspecified atom stereocenters. The highest BCUT2D eigenvalue weighted by Crippen LogP contribution is 2.21. The maximum atomic E-state index is 12.0. The molecule has 2 rings (SSSR count). The third-order valence-electron chi connectivity index (χ3n) is 2.90. The van der Waals surface area contributed by atoms with Gasteiger partial charge in [-0.15, -0.1) is 0 Å². The quantitative estimate of drug-likeness (QED) is 0.607. The molecule has 1 aliphatic heterocycles. The van der Waals surface area contributed by atoms with E-state index < -0.39 is 36.8 Å². The average molecular weight is 290 g/mol. The van der Waals surface area contributed by atoms with Crippen molar-refractivity contribution in [3.8, 4) is 0 Å². The van der Waals surface area contributed by atoms with E-state index in [1.165, 1.54) is 12.1 Å². The van der Waals surface area contributed by atoms with Crippen LogP contribution in [0.5, 0.6) is 0 Å². The monoisotopic (exact) mass is 290 g/mol. The average Bonchev–Trinajstić information content (AvgIpc) is 2.71. The highest BCUT2D eigenvalue weighted by atomic mass is 16.5. The summed E-state index contributed by atoms with van der Waals surface area (Å²) in [7, 11) is 0. The molecule has 0 bridgehead atoms. The second-order valence-corrected chi connectivity index (χ2v) is 4.36. The second kappa shape index (κ2) is 6.17. The molecular weight excluding hydrogens is 276 g/mol. The fourth-order valence-electron chi connectivity index (χ4n) is 1.95. The zero-order chi connectivity index (χ0) is 15.4. The fourth-order valence-corrected chi connectivity index (χ4v) is 1.95. The van der Waals surface area contributed by atoms with Crippen LogP contribution < -0.4 is 5.32 Å². The number of carbonyl (C=O) groups is 4. The van der Waals surface area contributed by atoms with Crippen LogP contribution in [0.4, 0.5) is 0 Å². The van der Waals surface area contributed by atoms with E-state index in [1.807, 2.05) is 0 Å². The Morgan fingerprint density at radius 2 is 1.71 bits per heavy atom. The largest absolute Gasteiger partial charge is 0.454 e. The first kappa shape index (κ1) is 14.7. The molecule has 0 fully saturated rings. The number of carbonyl (C=O) groups excluding carboxylic acids is 4. The number of fused-ring (bicyclic) bond motifs is 1. The van der Waals surface area contributed by atoms with Crippen LogP contribution in [-0.2, 0) is 14.3 Å². The van der Waals surface area contributed by atoms with Crippen LogP contribution in [0.15, 0.2) is 24.3 Å². The number of hydrogen-bond donors (Lipinski definition) is 1. The van der Waals surface area contributed by atoms with Gasteiger partial charge >= 0.3 is 5.97 Å². The summed E-state index contributed by atoms with van der Waals surface area (Å²) in [5.41, 5.74) is 0.526. The lowest BCUT2D eigenvalue weighted by molar-refractivity contribution is -0.148. The highest BCUT2D eigenvalue weighted by molar-refractivity contribution is 6.22. The van der Waals surface area contributed by atoms with Gasteiger partial charge in [0.25, 0.3) is 17.7 Å². The Hall–Kier alpha value is -2.70. The summed E-state index contributed by atoms with van der Waals surface area (Å²) in [5, 5.41) is 2.46. The van der Waals surface area contributed by atoms with Gasteiger partial charge in [-0.05, 0) is 19.1 Å². The number of imide groups is 1. The molecular formula is C14H14N2O5. The Balaban J connectivity index is 1.96. The van der Waals surface area contributed by atoms with E-state index in [2.05, 4.69) is 5.32 Å². The molecule has 0 radical (unpaired) electrons. The predicted octanol–water partition coefficient (Wildman–Crippen LogP) is -0.0381. The van der Waals surface area contributed by atoms with Crippen molar-refractivity contribution in [2.75, 3.05) is 19.7 Å². The first-order valence-corrected chi connectivity index (χ1v) is 6.42. The van der Waals surface area contributed by atoms with Crippen molar-refractivity contribution in [3.05, 3.63) is 35.4 Å². The van der Waals surface area contributed by atoms with Crippen LogP contribution in [0.3, 0.4) is 0 Å². The van der Waals surface area contributed by atoms with Crippen molar-refractivity contribution in [1.29, 1.82) is 0 Å². The molecule has 1 aliphatic rings. The molecule has 110 valence electrons. The molecule has 7 heteroatoms. The maximum absolute atomic E-state index is 12.0. The number of nitrogens with one attached hydrogen (secondary N) is 1. The minimum absolute atomic E-state index is 0.263. The second-order valence-electron chi connectivity index (χ2n) is 4.36. The first-order valence-electron chi connectivity index (χ1n) is 6.42. The van der Waals surface area contributed by atoms with Crippen molar-refractivity contribution in [1.82, 2.24) is 10.2 Å². The standard InChI is InChI=1S/C14H14N2O5/c1-2-15-11(17)8-21-12(18)7-16-13(19)9-5-3-4-6-10(9)14(16)20/h3-6H,2,7-8H2,1H3,(H,15,17). The topological polar surface area (TPSA) is 92.8 Å². The van der Waals surface area contributed by atoms with Crippen molar-refractivity contribution in [2.24, 2.45) is 0 Å². The van der Waals surface area contributed by atoms with Crippen LogP contribution in [0.1, 0.15) is 27.6 Å². The van der Waals surface area contributed by atoms with E-state index in [-0.39, 0.29) is 11.1 Å². The lowest BCUT2D eigenvalue weighted by Crippen LogP contribution is -2.37. The van der Waals surface area contributed by atoms with E-state index in [9.17, 15) is 19.2 Å². The summed E-state index contributed by atoms with van der Waals surface area (Å²) in [5.74, 6) is -2.32. The summed E-state index contributed by atoms with van der Waals surface area (Å²) in [6.45, 7) is 1.22. The van der Waals surface area contributed by atoms with E-state index >= 15 is 0 Å². The minimum Gasteiger partial charge on any atom is -0.454 e. The van der Waals surface area contributed by atoms with Crippen molar-refractivity contribution in [2.45, 2.75) is 6.92 Å². The lowest BCUT2D eigenvalue weighted by Gasteiger charge is -2.12. The first-order chi connectivity index (χ1) is 10.0. The molecule has 0 atom stereocenters. The number of nitrogens with zero attached hydrogens (tertiary/aromatic N) is 1. The predicted molar refractivity (Wildman–Crippen MR) is 71.5 cm³/mol. The van der Waals surface area contributed by atoms with Gasteiger partial charge in [0.05, 0.1) is 11.1 Å². The summed E-state index contributed by atoms with van der Waals surface area (Å²) < 4.78 is 4.72. The molecule has 0 saturated heterocycles. The number of hydrogen-bond acceptors (Lipinski definition) is 5. The van der Waals surface area contributed by atoms with Gasteiger partial charge in [-0.3, -0.25) is 24.1 Å². The third-order valence-corrected chi connectivity index (χ3v) is 2.90. The van der Waals surface area contributed by atoms with Gasteiger partial charge < -0.3 is 10.1 Å². The van der Waals surface area contributed by atoms with Crippen molar-refractivity contribution >= 4 is 23.7 Å². The number of amides is 3. The highest BCUT2D eigenvalue weighted by Gasteiger charge is 2.36. The zero-order valence-electron chi connectivity index (χ0n) is 11.4. The summed E-state index contributed by atoms with van der Waals surface area (Å²) >= 11 is 0. The number of esters is 1. The van der Waals surface area contributed by atoms with Gasteiger partial charge in [-0.1, -0.05) is 12.1 Å². The fraction of sp³-hybridized carbons (Fsp3) is 0.286. The minimum atomic E-state index is -0.809. The summed E-state index contributed by atoms with van der Waals surface area (Å²) in [4.78, 5) is 47.6. The number of benzene rings is 1. The van der Waals surface area contributed by atoms with Gasteiger partial charge in [0.1, 0.15) is 6.54 Å². The van der Waals surface area contributed by atoms with Crippen molar-refractivity contribution < 1.29 is 23.9 Å². The Bertz CT molecular complexity index is 576. The molecule has 1 N–H and O–H groups in total. The van der Waals surface area contributed by atoms with E-state index in [4.69, 9.17) is 4.74 Å². The molecule has 0 saturated carbocycles. The number of likely N-dealkylation sites (N-methyl/N-ethyl adjacent to an activating group) is 1. The van der Waals surface area contributed by atoms with Gasteiger partial charge in [0, 0.05) is 6.54 Å². The zero-order valence-corrected chi connectivity index (χ0v) is 11.4. The molecule has 3 amide bonds. The Labute approximate surface area is 120 Å². The number of ether oxygens (including phenoxy) is 1. The Kier molecular flexibility index (Phi) is 4.32. The molecule has 1 heterocycles. The van der Waals surface area contributed by atoms with Gasteiger partial charge in [-0.25, -0.2) is 0 Å². The SMILES string of the molecule is CCNC(=O)COC(=O)CN1C(=O)c2ccccc2C1=O. The van der Waals surface area contributed by atoms with E-state index in [0.717, 1.165) is 4.90 Å². The molecule has 7 nitrogen and oxygen atoms in total. The third kappa shape index (κ3) is 3.07. The van der Waals surface area contributed by atoms with Crippen LogP contribution in [-0.4, -0.2) is 48.3 Å². The smallest absolute Gasteiger partial charge is 0.326 e. The van der Waals surface area contributed by atoms with E-state index in [1.54, 1.807) is 19.1 Å². The van der Waals surface area contributed by atoms with Gasteiger partial charge in [-0.2, -0.15) is 0 Å². The number of rotatable bonds is 5. The van der Waals surface area contributed by atoms with Gasteiger partial charge in [0.2, 0.25) is 0 Å². The molecule has 1 aromatic rings. The van der Waals surface area contributed by atoms with Crippen LogP contribution in [0, 0.1) is 0 Å². The summed E-state index contributed by atoms with van der Waals surface area (Å²) in [6.07, 6.45) is 0. The lowest BCUT2D eigenvalue weighted by atomic mass is 10.1. The Morgan fingerprint density at radius 3 is 2.24 bits per heavy atom. The molecule has 0 aromatic heterocycles. The molecule has 0 aliphatic carbocycles. The normalized spacial score (nSPS) is 13.1.